The number of primary amides is 1. The van der Waals surface area contributed by atoms with E-state index in [0.717, 1.165) is 35.9 Å². The summed E-state index contributed by atoms with van der Waals surface area (Å²) in [6, 6.07) is -1.61. The van der Waals surface area contributed by atoms with Crippen LogP contribution < -0.4 is 58.9 Å². The molecule has 3 aliphatic heterocycles. The summed E-state index contributed by atoms with van der Waals surface area (Å²) in [7, 11) is 0. The number of imidazole rings is 2. The lowest BCUT2D eigenvalue weighted by Crippen LogP contribution is -2.61. The summed E-state index contributed by atoms with van der Waals surface area (Å²) in [6.07, 6.45) is 12.3. The van der Waals surface area contributed by atoms with Crippen molar-refractivity contribution >= 4 is 81.9 Å². The number of hydrogen-bond donors (Lipinski definition) is 14. The zero-order chi connectivity index (χ0) is 66.2. The Hall–Kier alpha value is -8.95. The highest BCUT2D eigenvalue weighted by Gasteiger charge is 2.43. The second kappa shape index (κ2) is 35.2. The molecule has 10 atom stereocenters. The number of unbranched alkanes of at least 4 members (excludes halogenated alkanes) is 1. The van der Waals surface area contributed by atoms with Crippen molar-refractivity contribution in [3.63, 3.8) is 0 Å². The number of carbonyl (C=O) groups is 10. The van der Waals surface area contributed by atoms with Crippen LogP contribution in [0.25, 0.3) is 10.9 Å². The molecule has 15 N–H and O–H groups in total. The standard InChI is InChI=1S/C60H85N19O13S/c1-34(2)51-59(88)73-43(22-36-26-65-41-11-5-4-10-40(36)41)56(85)72-46(24-38-28-63-33-67-38)58(87)70-42(53(61)82)12-8-9-16-79-29-39(77-78-79)25-44(57(86)71-45(23-37-27-62-32-66-37)55(84)68-35(3)54(83)75-51)69-50(81)30-92-21-20-91-19-18-90-17-15-64-49(80)14-7-6-13-48-52-47(31-93-48)74-60(89)76-52/h4-5,10-11,26-29,32-35,42-48,51-52,65H,6-9,12-25,30-31H2,1-3H3,(H2,61,82)(H,62,66)(H,63,67)(H,64,80)(H,68,84)(H,69,81)(H,70,87)(H,71,86)(H,72,85)(H,73,88)(H,75,83)(H2,74,76,89)/t35?,42?,43?,44?,45?,46?,47?,48-,51?,52?/m1/s1. The number of thioether (sulfide) groups is 1. The first-order chi connectivity index (χ1) is 44.9. The minimum Gasteiger partial charge on any atom is -0.377 e. The van der Waals surface area contributed by atoms with Crippen LogP contribution in [0.2, 0.25) is 0 Å². The highest BCUT2D eigenvalue weighted by molar-refractivity contribution is 8.00. The molecule has 0 aliphatic carbocycles. The van der Waals surface area contributed by atoms with Crippen molar-refractivity contribution in [2.45, 2.75) is 158 Å². The van der Waals surface area contributed by atoms with Crippen LogP contribution >= 0.6 is 11.8 Å². The molecule has 1 aromatic carbocycles. The molecule has 5 aromatic rings. The van der Waals surface area contributed by atoms with Gasteiger partial charge in [-0.05, 0) is 56.6 Å². The summed E-state index contributed by atoms with van der Waals surface area (Å²) < 4.78 is 18.3. The maximum atomic E-state index is 14.6. The zero-order valence-corrected chi connectivity index (χ0v) is 53.1. The summed E-state index contributed by atoms with van der Waals surface area (Å²) in [5.41, 5.74) is 8.44. The van der Waals surface area contributed by atoms with E-state index in [1.54, 1.807) is 26.2 Å². The van der Waals surface area contributed by atoms with Crippen LogP contribution in [-0.2, 0) is 89.6 Å². The molecule has 504 valence electrons. The van der Waals surface area contributed by atoms with Crippen molar-refractivity contribution in [1.82, 2.24) is 93.1 Å². The number of fused-ring (bicyclic) bond motifs is 4. The fraction of sp³-hybridized carbons (Fsp3) is 0.567. The van der Waals surface area contributed by atoms with Crippen LogP contribution in [0.4, 0.5) is 4.79 Å². The number of aryl methyl sites for hydroxylation is 1. The van der Waals surface area contributed by atoms with Gasteiger partial charge in [0.1, 0.15) is 48.9 Å². The van der Waals surface area contributed by atoms with Gasteiger partial charge in [-0.15, -0.1) is 5.10 Å². The molecule has 9 unspecified atom stereocenters. The van der Waals surface area contributed by atoms with Gasteiger partial charge >= 0.3 is 6.03 Å². The molecule has 0 saturated carbocycles. The number of aromatic nitrogens is 8. The van der Waals surface area contributed by atoms with Gasteiger partial charge in [-0.3, -0.25) is 47.8 Å². The van der Waals surface area contributed by atoms with Gasteiger partial charge in [0.25, 0.3) is 0 Å². The van der Waals surface area contributed by atoms with E-state index >= 15 is 0 Å². The number of benzene rings is 1. The van der Waals surface area contributed by atoms with E-state index in [1.165, 1.54) is 36.7 Å². The molecule has 2 saturated heterocycles. The average Bonchev–Trinajstić information content (AvgIpc) is 1.76. The molecule has 3 aliphatic rings. The molecule has 93 heavy (non-hydrogen) atoms. The summed E-state index contributed by atoms with van der Waals surface area (Å²) in [5.74, 6) is -5.95. The van der Waals surface area contributed by atoms with Crippen LogP contribution in [0.3, 0.4) is 0 Å². The molecule has 33 heteroatoms. The third-order valence-electron chi connectivity index (χ3n) is 16.0. The first kappa shape index (κ1) is 69.9. The lowest BCUT2D eigenvalue weighted by Gasteiger charge is -2.28. The van der Waals surface area contributed by atoms with Crippen LogP contribution in [0.15, 0.2) is 61.7 Å². The van der Waals surface area contributed by atoms with Crippen LogP contribution in [0.1, 0.15) is 88.4 Å². The predicted molar refractivity (Wildman–Crippen MR) is 337 cm³/mol. The van der Waals surface area contributed by atoms with Gasteiger partial charge in [-0.25, -0.2) is 14.8 Å². The maximum Gasteiger partial charge on any atom is 0.315 e. The second-order valence-corrected chi connectivity index (χ2v) is 24.8. The Balaban J connectivity index is 0.893. The van der Waals surface area contributed by atoms with Crippen molar-refractivity contribution in [2.75, 3.05) is 51.9 Å². The van der Waals surface area contributed by atoms with E-state index in [2.05, 4.69) is 88.4 Å². The number of ether oxygens (including phenoxy) is 3. The lowest BCUT2D eigenvalue weighted by atomic mass is 9.99. The number of nitrogens with two attached hydrogens (primary N) is 1. The Kier molecular flexibility index (Phi) is 26.5. The molecule has 0 radical (unpaired) electrons. The number of H-pyrrole nitrogens is 3. The zero-order valence-electron chi connectivity index (χ0n) is 52.3. The molecule has 8 rings (SSSR count). The van der Waals surface area contributed by atoms with Gasteiger partial charge in [0.2, 0.25) is 53.2 Å². The third-order valence-corrected chi connectivity index (χ3v) is 17.5. The summed E-state index contributed by atoms with van der Waals surface area (Å²) in [4.78, 5) is 154. The molecule has 32 nitrogen and oxygen atoms in total. The Morgan fingerprint density at radius 2 is 1.39 bits per heavy atom. The summed E-state index contributed by atoms with van der Waals surface area (Å²) in [6.45, 7) is 5.70. The number of urea groups is 1. The quantitative estimate of drug-likeness (QED) is 0.0224. The number of hydrogen-bond acceptors (Lipinski definition) is 18. The molecule has 2 bridgehead atoms. The number of nitrogens with one attached hydrogen (secondary N) is 13. The van der Waals surface area contributed by atoms with Gasteiger partial charge in [0, 0.05) is 103 Å². The van der Waals surface area contributed by atoms with Crippen LogP contribution in [0.5, 0.6) is 0 Å². The largest absolute Gasteiger partial charge is 0.377 e. The Bertz CT molecular complexity index is 3310. The molecular weight excluding hydrogens is 1230 g/mol. The maximum absolute atomic E-state index is 14.6. The fourth-order valence-electron chi connectivity index (χ4n) is 11.0. The molecule has 11 amide bonds. The molecule has 4 aromatic heterocycles. The monoisotopic (exact) mass is 1310 g/mol. The topological polar surface area (TPSA) is 449 Å². The fourth-order valence-corrected chi connectivity index (χ4v) is 12.5. The Morgan fingerprint density at radius 3 is 2.10 bits per heavy atom. The van der Waals surface area contributed by atoms with E-state index in [4.69, 9.17) is 19.9 Å². The normalized spacial score (nSPS) is 23.9. The second-order valence-electron chi connectivity index (χ2n) is 23.5. The highest BCUT2D eigenvalue weighted by Crippen LogP contribution is 2.33. The predicted octanol–water partition coefficient (Wildman–Crippen LogP) is -1.89. The van der Waals surface area contributed by atoms with Crippen molar-refractivity contribution in [2.24, 2.45) is 11.7 Å². The van der Waals surface area contributed by atoms with Crippen LogP contribution in [-0.4, -0.2) is 211 Å². The molecule has 7 heterocycles. The van der Waals surface area contributed by atoms with Gasteiger partial charge < -0.3 is 88.1 Å². The highest BCUT2D eigenvalue weighted by atomic mass is 32.2. The molecular formula is C60H85N19O13S. The van der Waals surface area contributed by atoms with E-state index in [-0.39, 0.29) is 101 Å². The summed E-state index contributed by atoms with van der Waals surface area (Å²) >= 11 is 1.85. The van der Waals surface area contributed by atoms with E-state index < -0.39 is 102 Å². The van der Waals surface area contributed by atoms with Crippen molar-refractivity contribution in [3.05, 3.63) is 84.4 Å². The smallest absolute Gasteiger partial charge is 0.315 e. The van der Waals surface area contributed by atoms with E-state index in [0.29, 0.717) is 48.0 Å². The average molecular weight is 1310 g/mol. The van der Waals surface area contributed by atoms with Gasteiger partial charge in [0.15, 0.2) is 0 Å². The number of para-hydroxylation sites is 1. The van der Waals surface area contributed by atoms with Gasteiger partial charge in [0.05, 0.1) is 63.5 Å². The third kappa shape index (κ3) is 21.6. The molecule has 0 spiro atoms. The number of amides is 11. The number of aromatic amines is 3. The van der Waals surface area contributed by atoms with E-state index in [1.807, 2.05) is 36.0 Å². The Labute approximate surface area is 540 Å². The number of nitrogens with zero attached hydrogens (tertiary/aromatic N) is 5. The molecule has 2 fully saturated rings. The lowest BCUT2D eigenvalue weighted by molar-refractivity contribution is -0.136. The minimum atomic E-state index is -1.37. The van der Waals surface area contributed by atoms with Crippen molar-refractivity contribution < 1.29 is 62.2 Å². The Morgan fingerprint density at radius 1 is 0.720 bits per heavy atom. The van der Waals surface area contributed by atoms with Gasteiger partial charge in [-0.1, -0.05) is 43.7 Å². The first-order valence-electron chi connectivity index (χ1n) is 31.3. The van der Waals surface area contributed by atoms with Crippen molar-refractivity contribution in [1.29, 1.82) is 0 Å². The number of carbonyl (C=O) groups excluding carboxylic acids is 10. The minimum absolute atomic E-state index is 0.00388. The van der Waals surface area contributed by atoms with Crippen LogP contribution in [0, 0.1) is 5.92 Å². The summed E-state index contributed by atoms with van der Waals surface area (Å²) in [5, 5.41) is 37.4. The van der Waals surface area contributed by atoms with Gasteiger partial charge in [-0.2, -0.15) is 11.8 Å². The van der Waals surface area contributed by atoms with E-state index in [9.17, 15) is 47.9 Å². The SMILES string of the molecule is CC1NC(=O)C(Cc2cnc[nH]2)NC(=O)C(NC(=O)COCCOCCOCCNC(=O)CCCC[C@H]2SCC3NC(=O)NC32)Cc2cn(nn2)CCCCC(C(N)=O)NC(=O)C(Cc2cnc[nH]2)NC(=O)C(Cc2c[nH]c3ccccc23)NC(=O)C(C(C)C)NC1=O. The van der Waals surface area contributed by atoms with Crippen molar-refractivity contribution in [3.8, 4) is 0 Å². The first-order valence-corrected chi connectivity index (χ1v) is 32.4. The number of rotatable bonds is 25.